The summed E-state index contributed by atoms with van der Waals surface area (Å²) in [6, 6.07) is 85.6. The number of hydrogen-bond donors (Lipinski definition) is 0. The summed E-state index contributed by atoms with van der Waals surface area (Å²) in [6.07, 6.45) is 0. The summed E-state index contributed by atoms with van der Waals surface area (Å²) in [5.74, 6) is 0. The van der Waals surface area contributed by atoms with Gasteiger partial charge < -0.3 is 0 Å². The van der Waals surface area contributed by atoms with E-state index in [0.717, 1.165) is 0 Å². The fourth-order valence-corrected chi connectivity index (χ4v) is 10.6. The van der Waals surface area contributed by atoms with Crippen LogP contribution in [0.4, 0.5) is 0 Å². The van der Waals surface area contributed by atoms with Crippen LogP contribution in [0.1, 0.15) is 25.0 Å². The molecule has 0 saturated carbocycles. The summed E-state index contributed by atoms with van der Waals surface area (Å²) >= 11 is 0. The van der Waals surface area contributed by atoms with Crippen LogP contribution in [0.5, 0.6) is 0 Å². The zero-order chi connectivity index (χ0) is 42.1. The summed E-state index contributed by atoms with van der Waals surface area (Å²) in [5, 5.41) is 7.59. The molecule has 12 rings (SSSR count). The lowest BCUT2D eigenvalue weighted by atomic mass is 9.79. The van der Waals surface area contributed by atoms with Crippen molar-refractivity contribution in [2.45, 2.75) is 19.3 Å². The molecule has 0 amide bonds. The van der Waals surface area contributed by atoms with Crippen molar-refractivity contribution in [1.29, 1.82) is 0 Å². The zero-order valence-electron chi connectivity index (χ0n) is 35.4. The molecular formula is C63H44. The van der Waals surface area contributed by atoms with Gasteiger partial charge in [0.1, 0.15) is 0 Å². The lowest BCUT2D eigenvalue weighted by molar-refractivity contribution is 0.666. The topological polar surface area (TPSA) is 0 Å². The minimum atomic E-state index is -0.136. The number of fused-ring (bicyclic) bond motifs is 7. The Kier molecular flexibility index (Phi) is 8.63. The molecule has 0 bridgehead atoms. The first kappa shape index (κ1) is 37.0. The molecule has 0 N–H and O–H groups in total. The predicted octanol–water partition coefficient (Wildman–Crippen LogP) is 17.5. The van der Waals surface area contributed by atoms with Crippen LogP contribution in [0.15, 0.2) is 231 Å². The molecule has 1 aliphatic rings. The summed E-state index contributed by atoms with van der Waals surface area (Å²) < 4.78 is 0. The quantitative estimate of drug-likeness (QED) is 0.147. The standard InChI is InChI=1S/C63H44/c1-63(2)59-34-30-48(40-56(59)55-33-27-45-25-15-16-26-52(45)62(55)63)60-53-31-28-47(42-19-9-4-10-20-42)39-58(53)61(54-32-29-46(38-57(54)60)41-17-7-3-8-18-41)51-36-49(43-21-11-5-12-22-43)35-50(37-51)44-23-13-6-14-24-44/h3-40H,1-2H3. The van der Waals surface area contributed by atoms with Crippen molar-refractivity contribution >= 4 is 32.3 Å². The summed E-state index contributed by atoms with van der Waals surface area (Å²) in [7, 11) is 0. The van der Waals surface area contributed by atoms with Gasteiger partial charge in [0, 0.05) is 5.41 Å². The Bertz CT molecular complexity index is 3490. The maximum atomic E-state index is 2.50. The van der Waals surface area contributed by atoms with Crippen LogP contribution < -0.4 is 0 Å². The van der Waals surface area contributed by atoms with Crippen LogP contribution in [-0.2, 0) is 5.41 Å². The highest BCUT2D eigenvalue weighted by molar-refractivity contribution is 6.23. The molecule has 0 nitrogen and oxygen atoms in total. The van der Waals surface area contributed by atoms with Gasteiger partial charge in [0.05, 0.1) is 0 Å². The molecule has 0 spiro atoms. The van der Waals surface area contributed by atoms with E-state index in [1.54, 1.807) is 0 Å². The Morgan fingerprint density at radius 2 is 0.698 bits per heavy atom. The van der Waals surface area contributed by atoms with E-state index in [0.29, 0.717) is 0 Å². The van der Waals surface area contributed by atoms with Crippen molar-refractivity contribution in [3.8, 4) is 77.9 Å². The molecule has 0 fully saturated rings. The first-order chi connectivity index (χ1) is 31.0. The third kappa shape index (κ3) is 6.13. The lowest BCUT2D eigenvalue weighted by Crippen LogP contribution is -2.15. The van der Waals surface area contributed by atoms with Gasteiger partial charge in [-0.15, -0.1) is 0 Å². The minimum absolute atomic E-state index is 0.136. The van der Waals surface area contributed by atoms with Crippen molar-refractivity contribution in [2.24, 2.45) is 0 Å². The highest BCUT2D eigenvalue weighted by atomic mass is 14.4. The van der Waals surface area contributed by atoms with Crippen LogP contribution in [0.2, 0.25) is 0 Å². The highest BCUT2D eigenvalue weighted by Gasteiger charge is 2.37. The maximum Gasteiger partial charge on any atom is 0.0165 e. The minimum Gasteiger partial charge on any atom is -0.0622 e. The molecule has 0 heterocycles. The Hall–Kier alpha value is -7.80. The monoisotopic (exact) mass is 800 g/mol. The molecule has 296 valence electrons. The Labute approximate surface area is 369 Å². The van der Waals surface area contributed by atoms with E-state index in [1.165, 1.54) is 121 Å². The van der Waals surface area contributed by atoms with E-state index in [1.807, 2.05) is 0 Å². The van der Waals surface area contributed by atoms with Gasteiger partial charge in [-0.1, -0.05) is 208 Å². The second-order valence-electron chi connectivity index (χ2n) is 17.6. The normalized spacial score (nSPS) is 12.7. The molecule has 11 aromatic carbocycles. The zero-order valence-corrected chi connectivity index (χ0v) is 35.4. The third-order valence-corrected chi connectivity index (χ3v) is 13.6. The van der Waals surface area contributed by atoms with Crippen LogP contribution >= 0.6 is 0 Å². The molecule has 0 aromatic heterocycles. The molecule has 63 heavy (non-hydrogen) atoms. The Morgan fingerprint density at radius 3 is 1.24 bits per heavy atom. The van der Waals surface area contributed by atoms with Crippen molar-refractivity contribution in [3.63, 3.8) is 0 Å². The van der Waals surface area contributed by atoms with Crippen molar-refractivity contribution in [2.75, 3.05) is 0 Å². The first-order valence-electron chi connectivity index (χ1n) is 22.1. The highest BCUT2D eigenvalue weighted by Crippen LogP contribution is 2.54. The third-order valence-electron chi connectivity index (χ3n) is 13.6. The molecule has 11 aromatic rings. The molecule has 0 radical (unpaired) electrons. The van der Waals surface area contributed by atoms with Crippen molar-refractivity contribution in [1.82, 2.24) is 0 Å². The van der Waals surface area contributed by atoms with Gasteiger partial charge >= 0.3 is 0 Å². The number of benzene rings is 11. The molecular weight excluding hydrogens is 757 g/mol. The maximum absolute atomic E-state index is 2.50. The van der Waals surface area contributed by atoms with Gasteiger partial charge in [0.15, 0.2) is 0 Å². The van der Waals surface area contributed by atoms with Gasteiger partial charge in [0.25, 0.3) is 0 Å². The second-order valence-corrected chi connectivity index (χ2v) is 17.6. The molecule has 0 atom stereocenters. The smallest absolute Gasteiger partial charge is 0.0165 e. The van der Waals surface area contributed by atoms with Gasteiger partial charge in [-0.05, 0) is 158 Å². The van der Waals surface area contributed by atoms with E-state index in [2.05, 4.69) is 244 Å². The van der Waals surface area contributed by atoms with E-state index < -0.39 is 0 Å². The van der Waals surface area contributed by atoms with Crippen LogP contribution in [-0.4, -0.2) is 0 Å². The second kappa shape index (κ2) is 14.7. The SMILES string of the molecule is CC1(C)c2ccc(-c3c4ccc(-c5ccccc5)cc4c(-c4cc(-c5ccccc5)cc(-c5ccccc5)c4)c4ccc(-c5ccccc5)cc34)cc2-c2ccc3ccccc3c21. The van der Waals surface area contributed by atoms with Crippen molar-refractivity contribution < 1.29 is 0 Å². The number of rotatable bonds is 6. The summed E-state index contributed by atoms with van der Waals surface area (Å²) in [5.41, 5.74) is 19.9. The van der Waals surface area contributed by atoms with E-state index in [-0.39, 0.29) is 5.41 Å². The predicted molar refractivity (Wildman–Crippen MR) is 269 cm³/mol. The number of hydrogen-bond acceptors (Lipinski definition) is 0. The molecule has 1 aliphatic carbocycles. The van der Waals surface area contributed by atoms with Gasteiger partial charge in [-0.3, -0.25) is 0 Å². The van der Waals surface area contributed by atoms with E-state index in [9.17, 15) is 0 Å². The Morgan fingerprint density at radius 1 is 0.254 bits per heavy atom. The largest absolute Gasteiger partial charge is 0.0622 e. The summed E-state index contributed by atoms with van der Waals surface area (Å²) in [4.78, 5) is 0. The average molecular weight is 801 g/mol. The van der Waals surface area contributed by atoms with Crippen LogP contribution in [0.25, 0.3) is 110 Å². The lowest BCUT2D eigenvalue weighted by Gasteiger charge is -2.24. The van der Waals surface area contributed by atoms with E-state index in [4.69, 9.17) is 0 Å². The van der Waals surface area contributed by atoms with Gasteiger partial charge in [0.2, 0.25) is 0 Å². The first-order valence-corrected chi connectivity index (χ1v) is 22.1. The van der Waals surface area contributed by atoms with Crippen LogP contribution in [0, 0.1) is 0 Å². The average Bonchev–Trinajstić information content (AvgIpc) is 3.59. The van der Waals surface area contributed by atoms with Gasteiger partial charge in [-0.2, -0.15) is 0 Å². The molecule has 0 heteroatoms. The fraction of sp³-hybridized carbons (Fsp3) is 0.0476. The summed E-state index contributed by atoms with van der Waals surface area (Å²) in [6.45, 7) is 4.79. The molecule has 0 aliphatic heterocycles. The van der Waals surface area contributed by atoms with Gasteiger partial charge in [-0.25, -0.2) is 0 Å². The molecule has 0 saturated heterocycles. The fourth-order valence-electron chi connectivity index (χ4n) is 10.6. The van der Waals surface area contributed by atoms with Crippen molar-refractivity contribution in [3.05, 3.63) is 242 Å². The Balaban J connectivity index is 1.20. The van der Waals surface area contributed by atoms with Crippen LogP contribution in [0.3, 0.4) is 0 Å². The molecule has 0 unspecified atom stereocenters. The van der Waals surface area contributed by atoms with E-state index >= 15 is 0 Å².